The third kappa shape index (κ3) is 3.74. The van der Waals surface area contributed by atoms with Crippen LogP contribution in [0.2, 0.25) is 0 Å². The molecule has 0 amide bonds. The van der Waals surface area contributed by atoms with E-state index in [0.29, 0.717) is 17.8 Å². The molecule has 0 aliphatic carbocycles. The normalized spacial score (nSPS) is 15.3. The quantitative estimate of drug-likeness (QED) is 0.790. The second kappa shape index (κ2) is 7.45. The number of ether oxygens (including phenoxy) is 1. The van der Waals surface area contributed by atoms with Crippen molar-refractivity contribution in [3.63, 3.8) is 0 Å². The van der Waals surface area contributed by atoms with Gasteiger partial charge in [0.05, 0.1) is 19.3 Å². The lowest BCUT2D eigenvalue weighted by molar-refractivity contribution is 0.0926. The van der Waals surface area contributed by atoms with Crippen LogP contribution in [0.25, 0.3) is 0 Å². The van der Waals surface area contributed by atoms with Gasteiger partial charge in [-0.15, -0.1) is 0 Å². The molecule has 1 heterocycles. The average molecular weight is 328 g/mol. The molecule has 0 radical (unpaired) electrons. The van der Waals surface area contributed by atoms with Gasteiger partial charge in [0, 0.05) is 31.7 Å². The van der Waals surface area contributed by atoms with E-state index in [-0.39, 0.29) is 11.6 Å². The summed E-state index contributed by atoms with van der Waals surface area (Å²) in [5, 5.41) is 0. The molecular formula is C19H21FN2O2. The van der Waals surface area contributed by atoms with Crippen molar-refractivity contribution in [2.45, 2.75) is 0 Å². The van der Waals surface area contributed by atoms with E-state index < -0.39 is 0 Å². The Labute approximate surface area is 141 Å². The molecule has 0 bridgehead atoms. The van der Waals surface area contributed by atoms with Gasteiger partial charge in [-0.3, -0.25) is 9.69 Å². The number of hydrogen-bond donors (Lipinski definition) is 0. The third-order valence-electron chi connectivity index (χ3n) is 4.34. The number of piperazine rings is 1. The Morgan fingerprint density at radius 3 is 2.33 bits per heavy atom. The summed E-state index contributed by atoms with van der Waals surface area (Å²) in [7, 11) is 1.60. The number of methoxy groups -OCH3 is 1. The highest BCUT2D eigenvalue weighted by Gasteiger charge is 2.21. The van der Waals surface area contributed by atoms with Crippen LogP contribution < -0.4 is 9.64 Å². The summed E-state index contributed by atoms with van der Waals surface area (Å²) >= 11 is 0. The van der Waals surface area contributed by atoms with Crippen molar-refractivity contribution in [2.75, 3.05) is 44.7 Å². The van der Waals surface area contributed by atoms with Gasteiger partial charge in [0.25, 0.3) is 0 Å². The van der Waals surface area contributed by atoms with Crippen LogP contribution in [0.5, 0.6) is 5.75 Å². The first-order chi connectivity index (χ1) is 11.7. The van der Waals surface area contributed by atoms with Gasteiger partial charge in [0.1, 0.15) is 11.6 Å². The molecule has 2 aromatic carbocycles. The molecule has 3 rings (SSSR count). The van der Waals surface area contributed by atoms with E-state index in [1.54, 1.807) is 43.5 Å². The van der Waals surface area contributed by atoms with Crippen LogP contribution in [0, 0.1) is 5.82 Å². The van der Waals surface area contributed by atoms with E-state index >= 15 is 0 Å². The van der Waals surface area contributed by atoms with Crippen molar-refractivity contribution in [1.29, 1.82) is 0 Å². The van der Waals surface area contributed by atoms with Gasteiger partial charge in [-0.05, 0) is 36.4 Å². The van der Waals surface area contributed by atoms with E-state index in [9.17, 15) is 9.18 Å². The zero-order valence-corrected chi connectivity index (χ0v) is 13.7. The van der Waals surface area contributed by atoms with Gasteiger partial charge in [-0.1, -0.05) is 12.1 Å². The van der Waals surface area contributed by atoms with Gasteiger partial charge in [0.15, 0.2) is 5.78 Å². The summed E-state index contributed by atoms with van der Waals surface area (Å²) in [6.07, 6.45) is 0. The molecule has 1 aliphatic heterocycles. The predicted octanol–water partition coefficient (Wildman–Crippen LogP) is 2.84. The number of carbonyl (C=O) groups is 1. The minimum Gasteiger partial charge on any atom is -0.497 e. The molecule has 0 atom stereocenters. The Bertz CT molecular complexity index is 695. The standard InChI is InChI=1S/C19H21FN2O2/c1-24-16-8-6-15(7-9-16)19(23)14-21-10-12-22(13-11-21)18-5-3-2-4-17(18)20/h2-9H,10-14H2,1H3. The Balaban J connectivity index is 1.55. The smallest absolute Gasteiger partial charge is 0.176 e. The predicted molar refractivity (Wildman–Crippen MR) is 92.4 cm³/mol. The maximum atomic E-state index is 13.8. The van der Waals surface area contributed by atoms with Gasteiger partial charge in [-0.25, -0.2) is 4.39 Å². The summed E-state index contributed by atoms with van der Waals surface area (Å²) in [4.78, 5) is 16.5. The second-order valence-electron chi connectivity index (χ2n) is 5.87. The summed E-state index contributed by atoms with van der Waals surface area (Å²) in [5.41, 5.74) is 1.32. The molecule has 126 valence electrons. The molecule has 2 aromatic rings. The van der Waals surface area contributed by atoms with Crippen LogP contribution in [0.3, 0.4) is 0 Å². The highest BCUT2D eigenvalue weighted by atomic mass is 19.1. The van der Waals surface area contributed by atoms with E-state index in [0.717, 1.165) is 31.9 Å². The van der Waals surface area contributed by atoms with Crippen molar-refractivity contribution in [3.8, 4) is 5.75 Å². The molecule has 1 fully saturated rings. The summed E-state index contributed by atoms with van der Waals surface area (Å²) < 4.78 is 18.9. The molecule has 1 saturated heterocycles. The summed E-state index contributed by atoms with van der Waals surface area (Å²) in [6, 6.07) is 14.0. The topological polar surface area (TPSA) is 32.8 Å². The first-order valence-electron chi connectivity index (χ1n) is 8.06. The molecule has 0 saturated carbocycles. The van der Waals surface area contributed by atoms with Gasteiger partial charge < -0.3 is 9.64 Å². The number of nitrogens with zero attached hydrogens (tertiary/aromatic N) is 2. The largest absolute Gasteiger partial charge is 0.497 e. The lowest BCUT2D eigenvalue weighted by Gasteiger charge is -2.35. The molecule has 0 unspecified atom stereocenters. The minimum atomic E-state index is -0.194. The number of hydrogen-bond acceptors (Lipinski definition) is 4. The van der Waals surface area contributed by atoms with Crippen LogP contribution in [0.4, 0.5) is 10.1 Å². The minimum absolute atomic E-state index is 0.0944. The number of carbonyl (C=O) groups excluding carboxylic acids is 1. The van der Waals surface area contributed by atoms with E-state index in [1.165, 1.54) is 6.07 Å². The number of benzene rings is 2. The summed E-state index contributed by atoms with van der Waals surface area (Å²) in [6.45, 7) is 3.32. The van der Waals surface area contributed by atoms with Crippen molar-refractivity contribution < 1.29 is 13.9 Å². The zero-order chi connectivity index (χ0) is 16.9. The Kier molecular flexibility index (Phi) is 5.11. The first kappa shape index (κ1) is 16.5. The molecule has 4 nitrogen and oxygen atoms in total. The van der Waals surface area contributed by atoms with Gasteiger partial charge in [-0.2, -0.15) is 0 Å². The fraction of sp³-hybridized carbons (Fsp3) is 0.316. The van der Waals surface area contributed by atoms with E-state index in [1.807, 2.05) is 11.0 Å². The highest BCUT2D eigenvalue weighted by Crippen LogP contribution is 2.20. The van der Waals surface area contributed by atoms with Crippen LogP contribution in [-0.2, 0) is 0 Å². The van der Waals surface area contributed by atoms with Crippen LogP contribution >= 0.6 is 0 Å². The SMILES string of the molecule is COc1ccc(C(=O)CN2CCN(c3ccccc3F)CC2)cc1. The monoisotopic (exact) mass is 328 g/mol. The van der Waals surface area contributed by atoms with Crippen molar-refractivity contribution in [3.05, 3.63) is 59.9 Å². The highest BCUT2D eigenvalue weighted by molar-refractivity contribution is 5.97. The lowest BCUT2D eigenvalue weighted by atomic mass is 10.1. The maximum absolute atomic E-state index is 13.8. The van der Waals surface area contributed by atoms with Crippen molar-refractivity contribution in [1.82, 2.24) is 4.90 Å². The molecular weight excluding hydrogens is 307 g/mol. The third-order valence-corrected chi connectivity index (χ3v) is 4.34. The molecule has 1 aliphatic rings. The van der Waals surface area contributed by atoms with E-state index in [4.69, 9.17) is 4.74 Å². The number of anilines is 1. The molecule has 24 heavy (non-hydrogen) atoms. The maximum Gasteiger partial charge on any atom is 0.176 e. The Morgan fingerprint density at radius 1 is 1.04 bits per heavy atom. The number of halogens is 1. The Morgan fingerprint density at radius 2 is 1.71 bits per heavy atom. The van der Waals surface area contributed by atoms with Gasteiger partial charge >= 0.3 is 0 Å². The zero-order valence-electron chi connectivity index (χ0n) is 13.7. The summed E-state index contributed by atoms with van der Waals surface area (Å²) in [5.74, 6) is 0.641. The number of para-hydroxylation sites is 1. The number of rotatable bonds is 5. The Hall–Kier alpha value is -2.40. The average Bonchev–Trinajstić information content (AvgIpc) is 2.63. The molecule has 5 heteroatoms. The van der Waals surface area contributed by atoms with Crippen LogP contribution in [0.15, 0.2) is 48.5 Å². The second-order valence-corrected chi connectivity index (χ2v) is 5.87. The van der Waals surface area contributed by atoms with Crippen LogP contribution in [0.1, 0.15) is 10.4 Å². The fourth-order valence-electron chi connectivity index (χ4n) is 2.93. The number of ketones is 1. The first-order valence-corrected chi connectivity index (χ1v) is 8.06. The van der Waals surface area contributed by atoms with Crippen molar-refractivity contribution >= 4 is 11.5 Å². The van der Waals surface area contributed by atoms with E-state index in [2.05, 4.69) is 4.90 Å². The lowest BCUT2D eigenvalue weighted by Crippen LogP contribution is -2.48. The molecule has 0 N–H and O–H groups in total. The van der Waals surface area contributed by atoms with Gasteiger partial charge in [0.2, 0.25) is 0 Å². The fourth-order valence-corrected chi connectivity index (χ4v) is 2.93. The van der Waals surface area contributed by atoms with Crippen molar-refractivity contribution in [2.24, 2.45) is 0 Å². The molecule has 0 spiro atoms. The molecule has 0 aromatic heterocycles. The number of Topliss-reactive ketones (excluding diaryl/α,β-unsaturated/α-hetero) is 1. The van der Waals surface area contributed by atoms with Crippen LogP contribution in [-0.4, -0.2) is 50.5 Å².